The van der Waals surface area contributed by atoms with Gasteiger partial charge in [-0.1, -0.05) is 42.8 Å². The molecule has 3 aromatic rings. The molecule has 1 aliphatic heterocycles. The summed E-state index contributed by atoms with van der Waals surface area (Å²) in [5.74, 6) is -0.192. The Kier molecular flexibility index (Phi) is 5.48. The first kappa shape index (κ1) is 19.1. The van der Waals surface area contributed by atoms with Crippen molar-refractivity contribution >= 4 is 37.4 Å². The van der Waals surface area contributed by atoms with E-state index in [1.807, 2.05) is 29.6 Å². The molecule has 0 unspecified atom stereocenters. The minimum absolute atomic E-state index is 0.173. The van der Waals surface area contributed by atoms with Gasteiger partial charge in [-0.25, -0.2) is 8.42 Å². The number of amides is 1. The number of nitrogens with zero attached hydrogens (tertiary/aromatic N) is 1. The number of nitrogens with one attached hydrogen (secondary N) is 1. The average Bonchev–Trinajstić information content (AvgIpc) is 3.17. The van der Waals surface area contributed by atoms with Gasteiger partial charge in [0.2, 0.25) is 10.0 Å². The molecule has 1 fully saturated rings. The quantitative estimate of drug-likeness (QED) is 0.686. The molecule has 28 heavy (non-hydrogen) atoms. The molecule has 1 N–H and O–H groups in total. The van der Waals surface area contributed by atoms with E-state index in [0.717, 1.165) is 29.3 Å². The number of sulfonamides is 1. The van der Waals surface area contributed by atoms with Crippen molar-refractivity contribution in [1.82, 2.24) is 9.62 Å². The average molecular weight is 415 g/mol. The van der Waals surface area contributed by atoms with Crippen molar-refractivity contribution in [2.24, 2.45) is 0 Å². The maximum Gasteiger partial charge on any atom is 0.253 e. The molecule has 7 heteroatoms. The van der Waals surface area contributed by atoms with Crippen molar-refractivity contribution in [3.05, 3.63) is 65.0 Å². The van der Waals surface area contributed by atoms with Gasteiger partial charge in [0.15, 0.2) is 0 Å². The summed E-state index contributed by atoms with van der Waals surface area (Å²) in [6.45, 7) is 1.29. The fourth-order valence-electron chi connectivity index (χ4n) is 3.57. The molecular formula is C21H22N2O3S2. The van der Waals surface area contributed by atoms with Crippen LogP contribution >= 0.6 is 11.3 Å². The van der Waals surface area contributed by atoms with Gasteiger partial charge in [0, 0.05) is 35.1 Å². The molecular weight excluding hydrogens is 392 g/mol. The van der Waals surface area contributed by atoms with Crippen molar-refractivity contribution in [2.75, 3.05) is 13.1 Å². The Morgan fingerprint density at radius 3 is 2.54 bits per heavy atom. The lowest BCUT2D eigenvalue weighted by molar-refractivity contribution is 0.0952. The largest absolute Gasteiger partial charge is 0.348 e. The second-order valence-corrected chi connectivity index (χ2v) is 9.72. The highest BCUT2D eigenvalue weighted by atomic mass is 32.2. The Morgan fingerprint density at radius 2 is 1.71 bits per heavy atom. The van der Waals surface area contributed by atoms with Gasteiger partial charge in [0.05, 0.1) is 10.5 Å². The van der Waals surface area contributed by atoms with Gasteiger partial charge < -0.3 is 5.32 Å². The minimum Gasteiger partial charge on any atom is -0.348 e. The third-order valence-electron chi connectivity index (χ3n) is 5.07. The molecule has 2 aromatic carbocycles. The number of rotatable bonds is 5. The number of hydrogen-bond donors (Lipinski definition) is 1. The SMILES string of the molecule is O=C(NCc1ccccc1S(=O)(=O)N1CCCCC1)c1csc2ccccc12. The van der Waals surface area contributed by atoms with E-state index in [4.69, 9.17) is 0 Å². The summed E-state index contributed by atoms with van der Waals surface area (Å²) < 4.78 is 28.8. The summed E-state index contributed by atoms with van der Waals surface area (Å²) in [5.41, 5.74) is 1.23. The minimum atomic E-state index is -3.54. The second kappa shape index (κ2) is 8.03. The lowest BCUT2D eigenvalue weighted by Gasteiger charge is -2.26. The van der Waals surface area contributed by atoms with Crippen molar-refractivity contribution in [1.29, 1.82) is 0 Å². The highest BCUT2D eigenvalue weighted by Gasteiger charge is 2.28. The van der Waals surface area contributed by atoms with Crippen LogP contribution in [-0.2, 0) is 16.6 Å². The Morgan fingerprint density at radius 1 is 1.00 bits per heavy atom. The number of piperidine rings is 1. The third-order valence-corrected chi connectivity index (χ3v) is 8.03. The van der Waals surface area contributed by atoms with Gasteiger partial charge >= 0.3 is 0 Å². The molecule has 1 amide bonds. The van der Waals surface area contributed by atoms with Crippen LogP contribution < -0.4 is 5.32 Å². The second-order valence-electron chi connectivity index (χ2n) is 6.90. The van der Waals surface area contributed by atoms with Gasteiger partial charge in [-0.3, -0.25) is 4.79 Å². The van der Waals surface area contributed by atoms with E-state index in [2.05, 4.69) is 5.32 Å². The van der Waals surface area contributed by atoms with E-state index in [-0.39, 0.29) is 17.3 Å². The Bertz CT molecular complexity index is 1100. The number of fused-ring (bicyclic) bond motifs is 1. The molecule has 0 spiro atoms. The zero-order valence-electron chi connectivity index (χ0n) is 15.4. The normalized spacial score (nSPS) is 15.6. The van der Waals surface area contributed by atoms with Crippen molar-refractivity contribution in [3.8, 4) is 0 Å². The van der Waals surface area contributed by atoms with Crippen LogP contribution in [0.5, 0.6) is 0 Å². The number of thiophene rings is 1. The smallest absolute Gasteiger partial charge is 0.253 e. The van der Waals surface area contributed by atoms with E-state index >= 15 is 0 Å². The van der Waals surface area contributed by atoms with Gasteiger partial charge in [0.1, 0.15) is 0 Å². The molecule has 0 radical (unpaired) electrons. The van der Waals surface area contributed by atoms with Gasteiger partial charge in [0.25, 0.3) is 5.91 Å². The Hall–Kier alpha value is -2.22. The molecule has 2 heterocycles. The first-order chi connectivity index (χ1) is 13.6. The lowest BCUT2D eigenvalue weighted by Crippen LogP contribution is -2.36. The van der Waals surface area contributed by atoms with E-state index in [0.29, 0.717) is 24.2 Å². The maximum absolute atomic E-state index is 13.1. The van der Waals surface area contributed by atoms with Crippen LogP contribution in [-0.4, -0.2) is 31.7 Å². The fourth-order valence-corrected chi connectivity index (χ4v) is 6.25. The van der Waals surface area contributed by atoms with Crippen LogP contribution in [0, 0.1) is 0 Å². The molecule has 5 nitrogen and oxygen atoms in total. The summed E-state index contributed by atoms with van der Waals surface area (Å²) in [4.78, 5) is 13.0. The first-order valence-corrected chi connectivity index (χ1v) is 11.7. The van der Waals surface area contributed by atoms with Crippen LogP contribution in [0.3, 0.4) is 0 Å². The Labute approximate surface area is 169 Å². The summed E-state index contributed by atoms with van der Waals surface area (Å²) in [6.07, 6.45) is 2.85. The molecule has 0 atom stereocenters. The molecule has 146 valence electrons. The van der Waals surface area contributed by atoms with E-state index in [9.17, 15) is 13.2 Å². The number of carbonyl (C=O) groups is 1. The summed E-state index contributed by atoms with van der Waals surface area (Å²) in [6, 6.07) is 14.7. The number of benzene rings is 2. The molecule has 0 saturated carbocycles. The molecule has 0 aliphatic carbocycles. The number of hydrogen-bond acceptors (Lipinski definition) is 4. The van der Waals surface area contributed by atoms with Crippen molar-refractivity contribution in [2.45, 2.75) is 30.7 Å². The molecule has 4 rings (SSSR count). The van der Waals surface area contributed by atoms with Gasteiger partial charge in [-0.2, -0.15) is 4.31 Å². The van der Waals surface area contributed by atoms with E-state index in [1.54, 1.807) is 28.6 Å². The Balaban J connectivity index is 1.55. The predicted molar refractivity (Wildman–Crippen MR) is 112 cm³/mol. The standard InChI is InChI=1S/C21H22N2O3S2/c24-21(18-15-27-19-10-4-3-9-17(18)19)22-14-16-8-2-5-11-20(16)28(25,26)23-12-6-1-7-13-23/h2-5,8-11,15H,1,6-7,12-14H2,(H,22,24). The van der Waals surface area contributed by atoms with Gasteiger partial charge in [-0.15, -0.1) is 11.3 Å². The van der Waals surface area contributed by atoms with Crippen molar-refractivity contribution in [3.63, 3.8) is 0 Å². The molecule has 1 aromatic heterocycles. The highest BCUT2D eigenvalue weighted by Crippen LogP contribution is 2.26. The molecule has 1 aliphatic rings. The van der Waals surface area contributed by atoms with Crippen LogP contribution in [0.25, 0.3) is 10.1 Å². The lowest BCUT2D eigenvalue weighted by atomic mass is 10.1. The zero-order chi connectivity index (χ0) is 19.6. The van der Waals surface area contributed by atoms with E-state index in [1.165, 1.54) is 11.3 Å². The van der Waals surface area contributed by atoms with Crippen LogP contribution in [0.1, 0.15) is 35.2 Å². The third kappa shape index (κ3) is 3.70. The summed E-state index contributed by atoms with van der Waals surface area (Å²) >= 11 is 1.53. The van der Waals surface area contributed by atoms with Crippen LogP contribution in [0.15, 0.2) is 58.8 Å². The zero-order valence-corrected chi connectivity index (χ0v) is 17.1. The number of carbonyl (C=O) groups excluding carboxylic acids is 1. The predicted octanol–water partition coefficient (Wildman–Crippen LogP) is 4.01. The van der Waals surface area contributed by atoms with Crippen LogP contribution in [0.4, 0.5) is 0 Å². The topological polar surface area (TPSA) is 66.5 Å². The monoisotopic (exact) mass is 414 g/mol. The maximum atomic E-state index is 13.1. The van der Waals surface area contributed by atoms with Crippen molar-refractivity contribution < 1.29 is 13.2 Å². The fraction of sp³-hybridized carbons (Fsp3) is 0.286. The van der Waals surface area contributed by atoms with Gasteiger partial charge in [-0.05, 0) is 30.5 Å². The van der Waals surface area contributed by atoms with Crippen LogP contribution in [0.2, 0.25) is 0 Å². The molecule has 0 bridgehead atoms. The van der Waals surface area contributed by atoms with E-state index < -0.39 is 10.0 Å². The highest BCUT2D eigenvalue weighted by molar-refractivity contribution is 7.89. The summed E-state index contributed by atoms with van der Waals surface area (Å²) in [5, 5.41) is 5.65. The first-order valence-electron chi connectivity index (χ1n) is 9.40. The summed E-state index contributed by atoms with van der Waals surface area (Å²) in [7, 11) is -3.54. The molecule has 1 saturated heterocycles.